The van der Waals surface area contributed by atoms with E-state index >= 15 is 0 Å². The monoisotopic (exact) mass is 1680 g/mol. The molecule has 0 heteroatoms. The van der Waals surface area contributed by atoms with Crippen LogP contribution in [0, 0.1) is 92.7 Å². The van der Waals surface area contributed by atoms with Crippen molar-refractivity contribution in [1.82, 2.24) is 0 Å². The molecule has 0 aliphatic rings. The first-order valence-corrected chi connectivity index (χ1v) is 58.6. The van der Waals surface area contributed by atoms with Gasteiger partial charge in [0, 0.05) is 0 Å². The first kappa shape index (κ1) is 120. The molecule has 0 radical (unpaired) electrons. The smallest absolute Gasteiger partial charge is 0.0168 e. The van der Waals surface area contributed by atoms with Gasteiger partial charge in [0.25, 0.3) is 0 Å². The fourth-order valence-corrected chi connectivity index (χ4v) is 27.5. The first-order valence-electron chi connectivity index (χ1n) is 58.6. The van der Waals surface area contributed by atoms with Crippen molar-refractivity contribution in [2.75, 3.05) is 0 Å². The normalized spacial score (nSPS) is 17.4. The number of rotatable bonds is 97. The molecule has 0 saturated heterocycles. The van der Waals surface area contributed by atoms with Crippen molar-refractivity contribution in [2.24, 2.45) is 92.7 Å². The third-order valence-electron chi connectivity index (χ3n) is 34.1. The Bertz CT molecular complexity index is 2030. The van der Waals surface area contributed by atoms with Gasteiger partial charge in [0.15, 0.2) is 0 Å². The van der Waals surface area contributed by atoms with Crippen LogP contribution in [0.3, 0.4) is 0 Å². The largest absolute Gasteiger partial charge is 0.0654 e. The number of hydrogen-bond donors (Lipinski definition) is 0. The average Bonchev–Trinajstić information content (AvgIpc) is 0.672. The second-order valence-electron chi connectivity index (χ2n) is 43.6. The quantitative estimate of drug-likeness (QED) is 0.0533. The minimum Gasteiger partial charge on any atom is -0.0654 e. The van der Waals surface area contributed by atoms with Gasteiger partial charge in [-0.25, -0.2) is 0 Å². The van der Waals surface area contributed by atoms with E-state index < -0.39 is 0 Å². The number of hydrogen-bond acceptors (Lipinski definition) is 0. The Labute approximate surface area is 766 Å². The molecule has 0 aromatic carbocycles. The van der Waals surface area contributed by atoms with E-state index in [4.69, 9.17) is 0 Å². The summed E-state index contributed by atoms with van der Waals surface area (Å²) in [5.41, 5.74) is 0.718. The minimum absolute atomic E-state index is 0.153. The van der Waals surface area contributed by atoms with Crippen molar-refractivity contribution < 1.29 is 0 Å². The zero-order chi connectivity index (χ0) is 88.9. The Morgan fingerprint density at radius 2 is 0.458 bits per heavy atom. The van der Waals surface area contributed by atoms with Crippen LogP contribution in [0.4, 0.5) is 0 Å². The lowest BCUT2D eigenvalue weighted by molar-refractivity contribution is -0.268. The summed E-state index contributed by atoms with van der Waals surface area (Å²) in [6.07, 6.45) is 119. The van der Waals surface area contributed by atoms with E-state index in [1.807, 2.05) is 0 Å². The average molecular weight is 1690 g/mol. The molecule has 0 amide bonds. The first-order chi connectivity index (χ1) is 58.6. The predicted molar refractivity (Wildman–Crippen MR) is 555 cm³/mol. The zero-order valence-electron chi connectivity index (χ0n) is 88.9. The standard InChI is InChI=1S/C120H242/c1-23-44-55-60-62-66-76-94-115(43-21)120(104-113(82-38-16)90-71-53-32-10,105(22)99-109(78-34-12)86-67-49-28-6)119(103-112(81-37-15)89-70-52-31-9,101-108(42-20)85-74-65-61-56-45-24-2)118(102-111(80-36-14)88-69-51-30-8,98-95-107(41-19)84-73-63-57-46-25-3)117(96-39-17,97-77-91-106(40-18)83-72-59-48-27-5)116(100-110(79-35-13)87-68-50-29-7)114(92-54-33-11)93-75-64-58-47-26-4/h105-116H,23-104H2,1-22H3. The van der Waals surface area contributed by atoms with Gasteiger partial charge in [-0.2, -0.15) is 0 Å². The molecule has 16 unspecified atom stereocenters. The molecule has 0 aromatic rings. The molecule has 0 saturated carbocycles. The molecular formula is C120H242. The van der Waals surface area contributed by atoms with Gasteiger partial charge >= 0.3 is 0 Å². The van der Waals surface area contributed by atoms with E-state index in [9.17, 15) is 0 Å². The van der Waals surface area contributed by atoms with E-state index in [0.717, 1.165) is 65.1 Å². The predicted octanol–water partition coefficient (Wildman–Crippen LogP) is 44.8. The fourth-order valence-electron chi connectivity index (χ4n) is 27.5. The highest BCUT2D eigenvalue weighted by Gasteiger charge is 2.72. The fraction of sp³-hybridized carbons (Fsp3) is 1.00. The Morgan fingerprint density at radius 3 is 0.850 bits per heavy atom. The van der Waals surface area contributed by atoms with Crippen molar-refractivity contribution in [3.05, 3.63) is 0 Å². The van der Waals surface area contributed by atoms with E-state index in [0.29, 0.717) is 5.92 Å². The van der Waals surface area contributed by atoms with E-state index in [-0.39, 0.29) is 21.7 Å². The molecule has 0 fully saturated rings. The highest BCUT2D eigenvalue weighted by atomic mass is 14.8. The van der Waals surface area contributed by atoms with Crippen LogP contribution < -0.4 is 0 Å². The van der Waals surface area contributed by atoms with Gasteiger partial charge in [0.1, 0.15) is 0 Å². The van der Waals surface area contributed by atoms with Crippen molar-refractivity contribution >= 4 is 0 Å². The van der Waals surface area contributed by atoms with E-state index in [1.165, 1.54) is 482 Å². The van der Waals surface area contributed by atoms with Crippen LogP contribution >= 0.6 is 0 Å². The van der Waals surface area contributed by atoms with Crippen LogP contribution in [0.5, 0.6) is 0 Å². The lowest BCUT2D eigenvalue weighted by atomic mass is 9.29. The SMILES string of the molecule is CCCCCCCCCC(CC)C(CC(CCC)CCCCC)(C(C)CC(CCC)CCCCC)C(CC(CC)CCCCCCCC)(CC(CCC)CCCCC)C(CCC(CC)CCCCCCC)(CC(CCC)CCCCC)C(CCC)(CCCC(CC)CCCCCC)C(CC(CCC)CCCCC)C(CCCC)CCCCCCC. The maximum atomic E-state index is 3.26. The molecule has 722 valence electrons. The molecule has 0 heterocycles. The molecule has 0 nitrogen and oxygen atoms in total. The summed E-state index contributed by atoms with van der Waals surface area (Å²) in [6.45, 7) is 58.9. The summed E-state index contributed by atoms with van der Waals surface area (Å²) in [5.74, 6) is 9.44. The van der Waals surface area contributed by atoms with Gasteiger partial charge in [-0.05, 0) is 163 Å². The van der Waals surface area contributed by atoms with Crippen LogP contribution in [-0.4, -0.2) is 0 Å². The highest BCUT2D eigenvalue weighted by Crippen LogP contribution is 2.80. The molecule has 0 spiro atoms. The molecule has 16 atom stereocenters. The molecule has 120 heavy (non-hydrogen) atoms. The molecule has 0 aromatic heterocycles. The van der Waals surface area contributed by atoms with Gasteiger partial charge in [-0.3, -0.25) is 0 Å². The van der Waals surface area contributed by atoms with E-state index in [2.05, 4.69) is 152 Å². The summed E-state index contributed by atoms with van der Waals surface area (Å²) in [5, 5.41) is 0. The molecular weight excluding hydrogens is 1440 g/mol. The van der Waals surface area contributed by atoms with Gasteiger partial charge in [-0.1, -0.05) is 608 Å². The second kappa shape index (κ2) is 82.2. The van der Waals surface area contributed by atoms with Gasteiger partial charge < -0.3 is 0 Å². The molecule has 0 rings (SSSR count). The Morgan fingerprint density at radius 1 is 0.175 bits per heavy atom. The molecule has 0 aliphatic heterocycles. The zero-order valence-corrected chi connectivity index (χ0v) is 88.9. The van der Waals surface area contributed by atoms with Crippen molar-refractivity contribution in [2.45, 2.75) is 679 Å². The Balaban J connectivity index is 13.2. The summed E-state index contributed by atoms with van der Waals surface area (Å²) in [4.78, 5) is 0. The van der Waals surface area contributed by atoms with Crippen molar-refractivity contribution in [1.29, 1.82) is 0 Å². The van der Waals surface area contributed by atoms with Crippen LogP contribution in [-0.2, 0) is 0 Å². The summed E-state index contributed by atoms with van der Waals surface area (Å²) >= 11 is 0. The Kier molecular flexibility index (Phi) is 82.2. The van der Waals surface area contributed by atoms with Gasteiger partial charge in [-0.15, -0.1) is 0 Å². The van der Waals surface area contributed by atoms with Crippen LogP contribution in [0.25, 0.3) is 0 Å². The molecule has 0 aliphatic carbocycles. The lowest BCUT2D eigenvalue weighted by Crippen LogP contribution is -2.68. The third kappa shape index (κ3) is 48.2. The van der Waals surface area contributed by atoms with Crippen LogP contribution in [0.15, 0.2) is 0 Å². The Hall–Kier alpha value is 0. The summed E-state index contributed by atoms with van der Waals surface area (Å²) < 4.78 is 0. The summed E-state index contributed by atoms with van der Waals surface area (Å²) in [6, 6.07) is 0. The lowest BCUT2D eigenvalue weighted by Gasteiger charge is -2.75. The minimum atomic E-state index is 0.153. The topological polar surface area (TPSA) is 0 Å². The molecule has 0 N–H and O–H groups in total. The van der Waals surface area contributed by atoms with Crippen LogP contribution in [0.2, 0.25) is 0 Å². The second-order valence-corrected chi connectivity index (χ2v) is 43.6. The summed E-state index contributed by atoms with van der Waals surface area (Å²) in [7, 11) is 0. The maximum absolute atomic E-state index is 3.26. The van der Waals surface area contributed by atoms with Crippen LogP contribution in [0.1, 0.15) is 679 Å². The third-order valence-corrected chi connectivity index (χ3v) is 34.1. The van der Waals surface area contributed by atoms with Gasteiger partial charge in [0.05, 0.1) is 0 Å². The van der Waals surface area contributed by atoms with Crippen molar-refractivity contribution in [3.8, 4) is 0 Å². The van der Waals surface area contributed by atoms with E-state index in [1.54, 1.807) is 44.9 Å². The number of unbranched alkanes of at least 4 members (excludes halogenated alkanes) is 33. The van der Waals surface area contributed by atoms with Crippen molar-refractivity contribution in [3.63, 3.8) is 0 Å². The highest BCUT2D eigenvalue weighted by molar-refractivity contribution is 5.21. The van der Waals surface area contributed by atoms with Gasteiger partial charge in [0.2, 0.25) is 0 Å². The molecule has 0 bridgehead atoms. The maximum Gasteiger partial charge on any atom is -0.0168 e.